The number of anilines is 1. The van der Waals surface area contributed by atoms with Crippen LogP contribution in [-0.2, 0) is 4.74 Å². The highest BCUT2D eigenvalue weighted by Gasteiger charge is 2.30. The van der Waals surface area contributed by atoms with Crippen molar-refractivity contribution in [3.8, 4) is 5.75 Å². The number of carbonyl (C=O) groups is 1. The van der Waals surface area contributed by atoms with Crippen molar-refractivity contribution in [2.75, 3.05) is 44.4 Å². The summed E-state index contributed by atoms with van der Waals surface area (Å²) in [4.78, 5) is 25.4. The van der Waals surface area contributed by atoms with E-state index in [1.165, 1.54) is 6.26 Å². The number of amides is 1. The lowest BCUT2D eigenvalue weighted by molar-refractivity contribution is 0.0522. The summed E-state index contributed by atoms with van der Waals surface area (Å²) in [5, 5.41) is 0. The molecule has 2 aliphatic heterocycles. The summed E-state index contributed by atoms with van der Waals surface area (Å²) in [6.07, 6.45) is 7.84. The molecule has 2 aromatic rings. The molecule has 0 spiro atoms. The summed E-state index contributed by atoms with van der Waals surface area (Å²) in [6.45, 7) is 3.89. The Morgan fingerprint density at radius 3 is 2.96 bits per heavy atom. The van der Waals surface area contributed by atoms with Crippen molar-refractivity contribution >= 4 is 11.9 Å². The van der Waals surface area contributed by atoms with Gasteiger partial charge in [0.1, 0.15) is 18.6 Å². The maximum Gasteiger partial charge on any atom is 0.298 e. The minimum absolute atomic E-state index is 0.0231. The smallest absolute Gasteiger partial charge is 0.298 e. The van der Waals surface area contributed by atoms with Crippen LogP contribution < -0.4 is 9.64 Å². The van der Waals surface area contributed by atoms with Gasteiger partial charge in [0.25, 0.3) is 11.9 Å². The van der Waals surface area contributed by atoms with Crippen LogP contribution in [0.3, 0.4) is 0 Å². The second kappa shape index (κ2) is 8.39. The fourth-order valence-electron chi connectivity index (χ4n) is 3.48. The fraction of sp³-hybridized carbons (Fsp3) is 0.526. The van der Waals surface area contributed by atoms with Crippen LogP contribution in [0, 0.1) is 0 Å². The first kappa shape index (κ1) is 17.8. The van der Waals surface area contributed by atoms with E-state index in [1.54, 1.807) is 12.4 Å². The lowest BCUT2D eigenvalue weighted by Gasteiger charge is -2.35. The molecule has 8 nitrogen and oxygen atoms in total. The Kier molecular flexibility index (Phi) is 5.53. The highest BCUT2D eigenvalue weighted by atomic mass is 16.5. The predicted molar refractivity (Wildman–Crippen MR) is 97.9 cm³/mol. The number of likely N-dealkylation sites (tertiary alicyclic amines) is 1. The standard InChI is InChI=1S/C19H24N4O4/c24-18(17-14-27-19(21-17)22-8-10-25-11-9-22)23-7-2-1-4-15(23)13-26-16-5-3-6-20-12-16/h3,5-6,12,14-15H,1-2,4,7-11,13H2. The molecule has 0 saturated carbocycles. The Balaban J connectivity index is 1.41. The summed E-state index contributed by atoms with van der Waals surface area (Å²) in [5.41, 5.74) is 0.352. The zero-order chi connectivity index (χ0) is 18.5. The number of oxazole rings is 1. The Hall–Kier alpha value is -2.61. The Labute approximate surface area is 158 Å². The van der Waals surface area contributed by atoms with Gasteiger partial charge in [-0.1, -0.05) is 0 Å². The molecule has 0 N–H and O–H groups in total. The summed E-state index contributed by atoms with van der Waals surface area (Å²) in [5.74, 6) is 0.615. The van der Waals surface area contributed by atoms with E-state index in [4.69, 9.17) is 13.9 Å². The number of ether oxygens (including phenoxy) is 2. The number of rotatable bonds is 5. The SMILES string of the molecule is O=C(c1coc(N2CCOCC2)n1)N1CCCCC1COc1cccnc1. The first-order valence-corrected chi connectivity index (χ1v) is 9.43. The summed E-state index contributed by atoms with van der Waals surface area (Å²) < 4.78 is 16.7. The average molecular weight is 372 g/mol. The first-order valence-electron chi connectivity index (χ1n) is 9.43. The zero-order valence-electron chi connectivity index (χ0n) is 15.2. The molecule has 0 radical (unpaired) electrons. The van der Waals surface area contributed by atoms with Crippen LogP contribution >= 0.6 is 0 Å². The van der Waals surface area contributed by atoms with Crippen LogP contribution in [0.5, 0.6) is 5.75 Å². The van der Waals surface area contributed by atoms with Gasteiger partial charge in [-0.2, -0.15) is 4.98 Å². The van der Waals surface area contributed by atoms with E-state index >= 15 is 0 Å². The van der Waals surface area contributed by atoms with Crippen molar-refractivity contribution < 1.29 is 18.7 Å². The highest BCUT2D eigenvalue weighted by molar-refractivity contribution is 5.92. The second-order valence-corrected chi connectivity index (χ2v) is 6.76. The molecule has 1 unspecified atom stereocenters. The normalized spacial score (nSPS) is 20.5. The molecule has 1 amide bonds. The molecule has 0 aromatic carbocycles. The average Bonchev–Trinajstić information content (AvgIpc) is 3.24. The van der Waals surface area contributed by atoms with E-state index in [9.17, 15) is 4.79 Å². The first-order chi connectivity index (χ1) is 13.3. The van der Waals surface area contributed by atoms with E-state index in [0.717, 1.165) is 32.4 Å². The largest absolute Gasteiger partial charge is 0.490 e. The van der Waals surface area contributed by atoms with Crippen LogP contribution in [0.25, 0.3) is 0 Å². The van der Waals surface area contributed by atoms with Crippen molar-refractivity contribution in [1.82, 2.24) is 14.9 Å². The van der Waals surface area contributed by atoms with E-state index in [0.29, 0.717) is 43.8 Å². The number of piperidine rings is 1. The van der Waals surface area contributed by atoms with E-state index < -0.39 is 0 Å². The quantitative estimate of drug-likeness (QED) is 0.794. The number of nitrogens with zero attached hydrogens (tertiary/aromatic N) is 4. The summed E-state index contributed by atoms with van der Waals surface area (Å²) >= 11 is 0. The molecule has 2 saturated heterocycles. The zero-order valence-corrected chi connectivity index (χ0v) is 15.2. The van der Waals surface area contributed by atoms with Crippen molar-refractivity contribution in [2.24, 2.45) is 0 Å². The third-order valence-corrected chi connectivity index (χ3v) is 4.96. The summed E-state index contributed by atoms with van der Waals surface area (Å²) in [6, 6.07) is 4.22. The van der Waals surface area contributed by atoms with E-state index in [1.807, 2.05) is 21.9 Å². The van der Waals surface area contributed by atoms with Crippen molar-refractivity contribution in [3.05, 3.63) is 36.5 Å². The third-order valence-electron chi connectivity index (χ3n) is 4.96. The van der Waals surface area contributed by atoms with Gasteiger partial charge in [-0.3, -0.25) is 9.78 Å². The molecular weight excluding hydrogens is 348 g/mol. The molecular formula is C19H24N4O4. The molecule has 0 bridgehead atoms. The van der Waals surface area contributed by atoms with Gasteiger partial charge >= 0.3 is 0 Å². The van der Waals surface area contributed by atoms with E-state index in [2.05, 4.69) is 9.97 Å². The van der Waals surface area contributed by atoms with Crippen LogP contribution in [0.15, 0.2) is 35.2 Å². The fourth-order valence-corrected chi connectivity index (χ4v) is 3.48. The minimum atomic E-state index is -0.0993. The van der Waals surface area contributed by atoms with Gasteiger partial charge in [0.15, 0.2) is 5.69 Å². The van der Waals surface area contributed by atoms with Crippen LogP contribution in [0.2, 0.25) is 0 Å². The number of pyridine rings is 1. The van der Waals surface area contributed by atoms with Crippen LogP contribution in [0.1, 0.15) is 29.8 Å². The third kappa shape index (κ3) is 4.21. The second-order valence-electron chi connectivity index (χ2n) is 6.76. The lowest BCUT2D eigenvalue weighted by Crippen LogP contribution is -2.46. The lowest BCUT2D eigenvalue weighted by atomic mass is 10.0. The molecule has 4 rings (SSSR count). The van der Waals surface area contributed by atoms with Gasteiger partial charge < -0.3 is 23.7 Å². The molecule has 144 valence electrons. The van der Waals surface area contributed by atoms with Gasteiger partial charge in [0.05, 0.1) is 25.5 Å². The van der Waals surface area contributed by atoms with Crippen LogP contribution in [-0.4, -0.2) is 66.3 Å². The topological polar surface area (TPSA) is 80.9 Å². The minimum Gasteiger partial charge on any atom is -0.490 e. The number of morpholine rings is 1. The van der Waals surface area contributed by atoms with Gasteiger partial charge in [0.2, 0.25) is 0 Å². The maximum atomic E-state index is 13.0. The number of aromatic nitrogens is 2. The van der Waals surface area contributed by atoms with Gasteiger partial charge in [-0.15, -0.1) is 0 Å². The molecule has 27 heavy (non-hydrogen) atoms. The molecule has 4 heterocycles. The molecule has 8 heteroatoms. The molecule has 1 atom stereocenters. The summed E-state index contributed by atoms with van der Waals surface area (Å²) in [7, 11) is 0. The van der Waals surface area contributed by atoms with Crippen LogP contribution in [0.4, 0.5) is 6.01 Å². The molecule has 2 aliphatic rings. The maximum absolute atomic E-state index is 13.0. The van der Waals surface area contributed by atoms with Crippen molar-refractivity contribution in [1.29, 1.82) is 0 Å². The predicted octanol–water partition coefficient (Wildman–Crippen LogP) is 1.98. The van der Waals surface area contributed by atoms with Crippen molar-refractivity contribution in [3.63, 3.8) is 0 Å². The number of hydrogen-bond donors (Lipinski definition) is 0. The Morgan fingerprint density at radius 1 is 1.26 bits per heavy atom. The van der Waals surface area contributed by atoms with Gasteiger partial charge in [-0.05, 0) is 31.4 Å². The number of carbonyl (C=O) groups excluding carboxylic acids is 1. The van der Waals surface area contributed by atoms with Crippen molar-refractivity contribution in [2.45, 2.75) is 25.3 Å². The van der Waals surface area contributed by atoms with E-state index in [-0.39, 0.29) is 11.9 Å². The Bertz CT molecular complexity index is 745. The Morgan fingerprint density at radius 2 is 2.15 bits per heavy atom. The molecule has 2 aromatic heterocycles. The highest BCUT2D eigenvalue weighted by Crippen LogP contribution is 2.22. The molecule has 0 aliphatic carbocycles. The monoisotopic (exact) mass is 372 g/mol. The number of hydrogen-bond acceptors (Lipinski definition) is 7. The van der Waals surface area contributed by atoms with Gasteiger partial charge in [0, 0.05) is 25.8 Å². The molecule has 2 fully saturated rings. The van der Waals surface area contributed by atoms with Gasteiger partial charge in [-0.25, -0.2) is 0 Å².